The van der Waals surface area contributed by atoms with Crippen molar-refractivity contribution in [3.8, 4) is 5.75 Å². The van der Waals surface area contributed by atoms with Crippen molar-refractivity contribution in [1.29, 1.82) is 0 Å². The quantitative estimate of drug-likeness (QED) is 0.765. The minimum Gasteiger partial charge on any atom is -0.482 e. The molecule has 0 aliphatic carbocycles. The van der Waals surface area contributed by atoms with Crippen molar-refractivity contribution in [3.05, 3.63) is 64.7 Å². The molecule has 96 valence electrons. The molecule has 0 bridgehead atoms. The Morgan fingerprint density at radius 2 is 1.79 bits per heavy atom. The number of benzene rings is 2. The summed E-state index contributed by atoms with van der Waals surface area (Å²) in [5, 5.41) is 0. The van der Waals surface area contributed by atoms with Crippen LogP contribution in [0.3, 0.4) is 0 Å². The lowest BCUT2D eigenvalue weighted by Gasteiger charge is -2.10. The molecule has 1 atom stereocenters. The van der Waals surface area contributed by atoms with Gasteiger partial charge in [-0.1, -0.05) is 35.4 Å². The van der Waals surface area contributed by atoms with Gasteiger partial charge in [0.2, 0.25) is 5.78 Å². The lowest BCUT2D eigenvalue weighted by atomic mass is 9.99. The molecule has 1 aliphatic rings. The molecular formula is C17H16O2. The Hall–Kier alpha value is -2.09. The highest BCUT2D eigenvalue weighted by Crippen LogP contribution is 2.29. The van der Waals surface area contributed by atoms with E-state index in [1.807, 2.05) is 50.2 Å². The number of ketones is 1. The van der Waals surface area contributed by atoms with E-state index in [9.17, 15) is 4.79 Å². The second-order valence-electron chi connectivity index (χ2n) is 5.16. The summed E-state index contributed by atoms with van der Waals surface area (Å²) in [5.41, 5.74) is 4.08. The highest BCUT2D eigenvalue weighted by molar-refractivity contribution is 6.00. The number of Topliss-reactive ketones (excluding diaryl/α,β-unsaturated/α-hetero) is 1. The average molecular weight is 252 g/mol. The van der Waals surface area contributed by atoms with Gasteiger partial charge in [-0.15, -0.1) is 0 Å². The zero-order chi connectivity index (χ0) is 13.4. The Kier molecular flexibility index (Phi) is 2.86. The van der Waals surface area contributed by atoms with Gasteiger partial charge >= 0.3 is 0 Å². The van der Waals surface area contributed by atoms with Crippen LogP contribution in [0.25, 0.3) is 0 Å². The Labute approximate surface area is 113 Å². The van der Waals surface area contributed by atoms with Gasteiger partial charge in [0.1, 0.15) is 5.75 Å². The van der Waals surface area contributed by atoms with Crippen LogP contribution in [-0.4, -0.2) is 11.9 Å². The van der Waals surface area contributed by atoms with Crippen molar-refractivity contribution in [2.24, 2.45) is 0 Å². The first-order valence-electron chi connectivity index (χ1n) is 6.50. The predicted molar refractivity (Wildman–Crippen MR) is 74.8 cm³/mol. The van der Waals surface area contributed by atoms with Gasteiger partial charge in [0, 0.05) is 12.0 Å². The lowest BCUT2D eigenvalue weighted by molar-refractivity contribution is 0.0824. The van der Waals surface area contributed by atoms with Crippen LogP contribution in [0.5, 0.6) is 5.75 Å². The molecule has 0 saturated heterocycles. The van der Waals surface area contributed by atoms with Crippen LogP contribution >= 0.6 is 0 Å². The molecule has 0 N–H and O–H groups in total. The highest BCUT2D eigenvalue weighted by atomic mass is 16.5. The average Bonchev–Trinajstić information content (AvgIpc) is 2.80. The molecule has 19 heavy (non-hydrogen) atoms. The Bertz CT molecular complexity index is 598. The summed E-state index contributed by atoms with van der Waals surface area (Å²) in [5.74, 6) is 0.910. The zero-order valence-electron chi connectivity index (χ0n) is 11.1. The molecule has 1 aliphatic heterocycles. The third-order valence-corrected chi connectivity index (χ3v) is 3.45. The summed E-state index contributed by atoms with van der Waals surface area (Å²) in [6.07, 6.45) is 0.292. The second-order valence-corrected chi connectivity index (χ2v) is 5.16. The summed E-state index contributed by atoms with van der Waals surface area (Å²) in [6.45, 7) is 4.02. The number of ether oxygens (including phenoxy) is 1. The third-order valence-electron chi connectivity index (χ3n) is 3.45. The molecule has 1 heterocycles. The van der Waals surface area contributed by atoms with Crippen molar-refractivity contribution < 1.29 is 9.53 Å². The summed E-state index contributed by atoms with van der Waals surface area (Å²) in [4.78, 5) is 12.5. The molecule has 3 rings (SSSR count). The number of carbonyl (C=O) groups excluding carboxylic acids is 1. The van der Waals surface area contributed by atoms with Crippen molar-refractivity contribution >= 4 is 5.78 Å². The van der Waals surface area contributed by atoms with E-state index in [1.54, 1.807) is 0 Å². The van der Waals surface area contributed by atoms with Crippen molar-refractivity contribution in [1.82, 2.24) is 0 Å². The molecule has 0 radical (unpaired) electrons. The Morgan fingerprint density at radius 3 is 2.47 bits per heavy atom. The smallest absolute Gasteiger partial charge is 0.203 e. The third kappa shape index (κ3) is 2.26. The monoisotopic (exact) mass is 252 g/mol. The lowest BCUT2D eigenvalue weighted by Crippen LogP contribution is -2.25. The Morgan fingerprint density at radius 1 is 1.11 bits per heavy atom. The van der Waals surface area contributed by atoms with Crippen molar-refractivity contribution in [3.63, 3.8) is 0 Å². The first-order chi connectivity index (χ1) is 9.13. The van der Waals surface area contributed by atoms with Crippen LogP contribution in [0.2, 0.25) is 0 Å². The van der Waals surface area contributed by atoms with Crippen molar-refractivity contribution in [2.75, 3.05) is 0 Å². The fraction of sp³-hybridized carbons (Fsp3) is 0.235. The van der Waals surface area contributed by atoms with Crippen LogP contribution in [-0.2, 0) is 6.42 Å². The maximum Gasteiger partial charge on any atom is 0.203 e. The maximum absolute atomic E-state index is 12.5. The van der Waals surface area contributed by atoms with E-state index >= 15 is 0 Å². The van der Waals surface area contributed by atoms with Gasteiger partial charge in [-0.05, 0) is 37.6 Å². The van der Waals surface area contributed by atoms with Crippen LogP contribution in [0.15, 0.2) is 42.5 Å². The Balaban J connectivity index is 1.87. The van der Waals surface area contributed by atoms with Gasteiger partial charge in [-0.25, -0.2) is 0 Å². The largest absolute Gasteiger partial charge is 0.482 e. The van der Waals surface area contributed by atoms with E-state index in [0.717, 1.165) is 28.0 Å². The molecule has 2 aromatic rings. The topological polar surface area (TPSA) is 26.3 Å². The highest BCUT2D eigenvalue weighted by Gasteiger charge is 2.29. The number of hydrogen-bond acceptors (Lipinski definition) is 2. The van der Waals surface area contributed by atoms with Crippen LogP contribution < -0.4 is 4.74 Å². The van der Waals surface area contributed by atoms with E-state index in [0.29, 0.717) is 6.42 Å². The molecule has 1 unspecified atom stereocenters. The molecule has 0 saturated carbocycles. The predicted octanol–water partition coefficient (Wildman–Crippen LogP) is 3.49. The first-order valence-corrected chi connectivity index (χ1v) is 6.50. The minimum atomic E-state index is -0.376. The fourth-order valence-electron chi connectivity index (χ4n) is 2.63. The maximum atomic E-state index is 12.5. The SMILES string of the molecule is Cc1cc(C)cc(C(=O)C2Cc3ccccc3O2)c1. The van der Waals surface area contributed by atoms with Crippen LogP contribution in [0, 0.1) is 13.8 Å². The minimum absolute atomic E-state index is 0.0722. The van der Waals surface area contributed by atoms with E-state index in [2.05, 4.69) is 6.07 Å². The van der Waals surface area contributed by atoms with E-state index in [4.69, 9.17) is 4.74 Å². The van der Waals surface area contributed by atoms with Gasteiger partial charge in [-0.2, -0.15) is 0 Å². The van der Waals surface area contributed by atoms with E-state index in [-0.39, 0.29) is 11.9 Å². The molecular weight excluding hydrogens is 236 g/mol. The van der Waals surface area contributed by atoms with E-state index < -0.39 is 0 Å². The number of hydrogen-bond donors (Lipinski definition) is 0. The number of para-hydroxylation sites is 1. The van der Waals surface area contributed by atoms with Gasteiger partial charge in [0.05, 0.1) is 0 Å². The summed E-state index contributed by atoms with van der Waals surface area (Å²) in [7, 11) is 0. The number of aryl methyl sites for hydroxylation is 2. The zero-order valence-corrected chi connectivity index (χ0v) is 11.1. The molecule has 0 amide bonds. The number of carbonyl (C=O) groups is 1. The van der Waals surface area contributed by atoms with Gasteiger partial charge < -0.3 is 4.74 Å². The molecule has 2 heteroatoms. The van der Waals surface area contributed by atoms with Crippen molar-refractivity contribution in [2.45, 2.75) is 26.4 Å². The van der Waals surface area contributed by atoms with Crippen LogP contribution in [0.1, 0.15) is 27.0 Å². The first kappa shape index (κ1) is 12.0. The second kappa shape index (κ2) is 4.54. The number of rotatable bonds is 2. The van der Waals surface area contributed by atoms with Gasteiger partial charge in [-0.3, -0.25) is 4.79 Å². The normalized spacial score (nSPS) is 16.8. The molecule has 0 spiro atoms. The molecule has 0 fully saturated rings. The van der Waals surface area contributed by atoms with E-state index in [1.165, 1.54) is 0 Å². The summed E-state index contributed by atoms with van der Waals surface area (Å²) >= 11 is 0. The standard InChI is InChI=1S/C17H16O2/c1-11-7-12(2)9-14(8-11)17(18)16-10-13-5-3-4-6-15(13)19-16/h3-9,16H,10H2,1-2H3. The number of fused-ring (bicyclic) bond motifs is 1. The summed E-state index contributed by atoms with van der Waals surface area (Å²) < 4.78 is 5.75. The fourth-order valence-corrected chi connectivity index (χ4v) is 2.63. The van der Waals surface area contributed by atoms with Gasteiger partial charge in [0.15, 0.2) is 6.10 Å². The molecule has 0 aromatic heterocycles. The van der Waals surface area contributed by atoms with Crippen LogP contribution in [0.4, 0.5) is 0 Å². The molecule has 2 nitrogen and oxygen atoms in total. The van der Waals surface area contributed by atoms with Gasteiger partial charge in [0.25, 0.3) is 0 Å². The summed E-state index contributed by atoms with van der Waals surface area (Å²) in [6, 6.07) is 13.8. The molecule has 2 aromatic carbocycles.